The smallest absolute Gasteiger partial charge is 0.261 e. The van der Waals surface area contributed by atoms with Crippen molar-refractivity contribution in [1.29, 1.82) is 0 Å². The normalized spacial score (nSPS) is 10.9. The Labute approximate surface area is 147 Å². The highest BCUT2D eigenvalue weighted by atomic mass is 32.2. The molecule has 1 N–H and O–H groups in total. The molecule has 2 aromatic heterocycles. The first-order chi connectivity index (χ1) is 11.6. The summed E-state index contributed by atoms with van der Waals surface area (Å²) in [6.45, 7) is 0.615. The minimum atomic E-state index is -0.0961. The van der Waals surface area contributed by atoms with Crippen molar-refractivity contribution >= 4 is 39.9 Å². The molecule has 0 bridgehead atoms. The fourth-order valence-corrected chi connectivity index (χ4v) is 3.80. The number of carbonyl (C=O) groups is 1. The topological polar surface area (TPSA) is 64.0 Å². The molecule has 0 aliphatic rings. The number of rotatable bonds is 6. The number of hydrogen-bond acceptors (Lipinski definition) is 5. The van der Waals surface area contributed by atoms with Gasteiger partial charge in [0.15, 0.2) is 5.16 Å². The highest BCUT2D eigenvalue weighted by molar-refractivity contribution is 7.99. The number of benzene rings is 1. The van der Waals surface area contributed by atoms with Crippen molar-refractivity contribution in [3.8, 4) is 0 Å². The zero-order chi connectivity index (χ0) is 16.9. The largest absolute Gasteiger partial charge is 0.355 e. The lowest BCUT2D eigenvalue weighted by molar-refractivity contribution is -0.118. The predicted molar refractivity (Wildman–Crippen MR) is 98.7 cm³/mol. The van der Waals surface area contributed by atoms with Gasteiger partial charge in [0.2, 0.25) is 5.91 Å². The molecule has 7 heteroatoms. The number of carbonyl (C=O) groups excluding carboxylic acids is 1. The Balaban J connectivity index is 1.60. The fourth-order valence-electron chi connectivity index (χ4n) is 2.29. The maximum atomic E-state index is 12.3. The van der Waals surface area contributed by atoms with Crippen molar-refractivity contribution < 1.29 is 4.79 Å². The molecular weight excluding hydrogens is 342 g/mol. The second-order valence-electron chi connectivity index (χ2n) is 5.24. The van der Waals surface area contributed by atoms with Crippen LogP contribution in [0.4, 0.5) is 0 Å². The van der Waals surface area contributed by atoms with E-state index in [0.29, 0.717) is 22.6 Å². The molecule has 3 rings (SSSR count). The summed E-state index contributed by atoms with van der Waals surface area (Å²) in [6.07, 6.45) is 0.834. The van der Waals surface area contributed by atoms with Gasteiger partial charge in [0.25, 0.3) is 5.56 Å². The van der Waals surface area contributed by atoms with E-state index in [1.165, 1.54) is 21.2 Å². The Hall–Kier alpha value is -2.12. The molecule has 5 nitrogen and oxygen atoms in total. The number of para-hydroxylation sites is 1. The molecule has 24 heavy (non-hydrogen) atoms. The fraction of sp³-hybridized carbons (Fsp3) is 0.235. The van der Waals surface area contributed by atoms with Gasteiger partial charge in [0.05, 0.1) is 16.7 Å². The molecule has 3 aromatic rings. The lowest BCUT2D eigenvalue weighted by Crippen LogP contribution is -2.28. The summed E-state index contributed by atoms with van der Waals surface area (Å²) in [7, 11) is 1.68. The number of nitrogens with zero attached hydrogens (tertiary/aromatic N) is 2. The lowest BCUT2D eigenvalue weighted by atomic mass is 10.2. The van der Waals surface area contributed by atoms with Crippen LogP contribution in [0.3, 0.4) is 0 Å². The average molecular weight is 359 g/mol. The predicted octanol–water partition coefficient (Wildman–Crippen LogP) is 2.45. The van der Waals surface area contributed by atoms with E-state index in [1.807, 2.05) is 29.6 Å². The van der Waals surface area contributed by atoms with Crippen molar-refractivity contribution in [3.63, 3.8) is 0 Å². The SMILES string of the molecule is Cn1c(SCC(=O)NCCc2cccs2)nc2ccccc2c1=O. The van der Waals surface area contributed by atoms with Crippen LogP contribution < -0.4 is 10.9 Å². The number of thiophene rings is 1. The monoisotopic (exact) mass is 359 g/mol. The van der Waals surface area contributed by atoms with Gasteiger partial charge in [-0.15, -0.1) is 11.3 Å². The van der Waals surface area contributed by atoms with Crippen molar-refractivity contribution in [2.45, 2.75) is 11.6 Å². The standard InChI is InChI=1S/C17H17N3O2S2/c1-20-16(22)13-6-2-3-7-14(13)19-17(20)24-11-15(21)18-9-8-12-5-4-10-23-12/h2-7,10H,8-9,11H2,1H3,(H,18,21). The molecule has 0 fully saturated rings. The molecule has 0 atom stereocenters. The molecule has 0 radical (unpaired) electrons. The third-order valence-electron chi connectivity index (χ3n) is 3.55. The highest BCUT2D eigenvalue weighted by Crippen LogP contribution is 2.16. The van der Waals surface area contributed by atoms with Crippen LogP contribution in [0.2, 0.25) is 0 Å². The molecule has 0 saturated carbocycles. The lowest BCUT2D eigenvalue weighted by Gasteiger charge is -2.09. The molecule has 2 heterocycles. The summed E-state index contributed by atoms with van der Waals surface area (Å²) >= 11 is 2.96. The van der Waals surface area contributed by atoms with Gasteiger partial charge in [-0.2, -0.15) is 0 Å². The van der Waals surface area contributed by atoms with Gasteiger partial charge in [-0.05, 0) is 30.0 Å². The first-order valence-electron chi connectivity index (χ1n) is 7.53. The van der Waals surface area contributed by atoms with Gasteiger partial charge in [-0.1, -0.05) is 30.0 Å². The molecule has 0 unspecified atom stereocenters. The van der Waals surface area contributed by atoms with E-state index in [0.717, 1.165) is 6.42 Å². The minimum Gasteiger partial charge on any atom is -0.355 e. The summed E-state index contributed by atoms with van der Waals surface area (Å²) in [5.41, 5.74) is 0.558. The van der Waals surface area contributed by atoms with E-state index in [9.17, 15) is 9.59 Å². The van der Waals surface area contributed by atoms with E-state index >= 15 is 0 Å². The molecule has 0 aliphatic carbocycles. The van der Waals surface area contributed by atoms with Crippen LogP contribution in [-0.2, 0) is 18.3 Å². The van der Waals surface area contributed by atoms with Gasteiger partial charge in [-0.25, -0.2) is 4.98 Å². The Morgan fingerprint density at radius 1 is 1.29 bits per heavy atom. The van der Waals surface area contributed by atoms with Crippen molar-refractivity contribution in [2.75, 3.05) is 12.3 Å². The van der Waals surface area contributed by atoms with Crippen molar-refractivity contribution in [3.05, 3.63) is 57.0 Å². The van der Waals surface area contributed by atoms with Gasteiger partial charge < -0.3 is 5.32 Å². The molecule has 1 aromatic carbocycles. The van der Waals surface area contributed by atoms with Crippen LogP contribution in [0.25, 0.3) is 10.9 Å². The first-order valence-corrected chi connectivity index (χ1v) is 9.39. The zero-order valence-electron chi connectivity index (χ0n) is 13.2. The average Bonchev–Trinajstić information content (AvgIpc) is 3.10. The molecule has 0 spiro atoms. The van der Waals surface area contributed by atoms with Gasteiger partial charge in [0, 0.05) is 18.5 Å². The maximum absolute atomic E-state index is 12.3. The first kappa shape index (κ1) is 16.7. The second kappa shape index (κ2) is 7.63. The van der Waals surface area contributed by atoms with Crippen LogP contribution in [0, 0.1) is 0 Å². The quantitative estimate of drug-likeness (QED) is 0.542. The van der Waals surface area contributed by atoms with Crippen LogP contribution in [-0.4, -0.2) is 27.8 Å². The summed E-state index contributed by atoms with van der Waals surface area (Å²) in [5, 5.41) is 6.06. The summed E-state index contributed by atoms with van der Waals surface area (Å²) in [4.78, 5) is 30.0. The van der Waals surface area contributed by atoms with Crippen LogP contribution in [0.15, 0.2) is 51.7 Å². The van der Waals surface area contributed by atoms with Gasteiger partial charge in [0.1, 0.15) is 0 Å². The number of fused-ring (bicyclic) bond motifs is 1. The highest BCUT2D eigenvalue weighted by Gasteiger charge is 2.10. The number of thioether (sulfide) groups is 1. The van der Waals surface area contributed by atoms with Crippen LogP contribution in [0.1, 0.15) is 4.88 Å². The third kappa shape index (κ3) is 3.85. The van der Waals surface area contributed by atoms with Gasteiger partial charge in [-0.3, -0.25) is 14.2 Å². The Kier molecular flexibility index (Phi) is 5.32. The van der Waals surface area contributed by atoms with Crippen LogP contribution >= 0.6 is 23.1 Å². The van der Waals surface area contributed by atoms with Crippen molar-refractivity contribution in [1.82, 2.24) is 14.9 Å². The maximum Gasteiger partial charge on any atom is 0.261 e. The molecular formula is C17H17N3O2S2. The summed E-state index contributed by atoms with van der Waals surface area (Å²) in [5.74, 6) is 0.183. The molecule has 124 valence electrons. The van der Waals surface area contributed by atoms with E-state index in [1.54, 1.807) is 24.5 Å². The number of amides is 1. The van der Waals surface area contributed by atoms with Crippen molar-refractivity contribution in [2.24, 2.45) is 7.05 Å². The minimum absolute atomic E-state index is 0.0565. The van der Waals surface area contributed by atoms with E-state index in [-0.39, 0.29) is 17.2 Å². The van der Waals surface area contributed by atoms with Gasteiger partial charge >= 0.3 is 0 Å². The zero-order valence-corrected chi connectivity index (χ0v) is 14.8. The van der Waals surface area contributed by atoms with E-state index in [2.05, 4.69) is 16.4 Å². The molecule has 1 amide bonds. The molecule has 0 aliphatic heterocycles. The number of hydrogen-bond donors (Lipinski definition) is 1. The van der Waals surface area contributed by atoms with E-state index < -0.39 is 0 Å². The number of nitrogens with one attached hydrogen (secondary N) is 1. The second-order valence-corrected chi connectivity index (χ2v) is 7.22. The summed E-state index contributed by atoms with van der Waals surface area (Å²) < 4.78 is 1.49. The summed E-state index contributed by atoms with van der Waals surface area (Å²) in [6, 6.07) is 11.3. The van der Waals surface area contributed by atoms with E-state index in [4.69, 9.17) is 0 Å². The Morgan fingerprint density at radius 2 is 2.12 bits per heavy atom. The Bertz CT molecular complexity index is 904. The van der Waals surface area contributed by atoms with Crippen LogP contribution in [0.5, 0.6) is 0 Å². The Morgan fingerprint density at radius 3 is 2.92 bits per heavy atom. The third-order valence-corrected chi connectivity index (χ3v) is 5.51. The molecule has 0 saturated heterocycles. The number of aromatic nitrogens is 2.